The molecule has 1 unspecified atom stereocenters. The van der Waals surface area contributed by atoms with Crippen LogP contribution in [0.15, 0.2) is 18.2 Å². The molecule has 1 aromatic rings. The van der Waals surface area contributed by atoms with Gasteiger partial charge in [-0.25, -0.2) is 0 Å². The largest absolute Gasteiger partial charge is 0.327 e. The van der Waals surface area contributed by atoms with Crippen molar-refractivity contribution in [3.05, 3.63) is 28.8 Å². The maximum Gasteiger partial charge on any atom is 0.279 e. The maximum absolute atomic E-state index is 12.0. The van der Waals surface area contributed by atoms with Crippen molar-refractivity contribution in [3.63, 3.8) is 0 Å². The second-order valence-electron chi connectivity index (χ2n) is 5.66. The van der Waals surface area contributed by atoms with Crippen molar-refractivity contribution in [1.29, 1.82) is 0 Å². The standard InChI is InChI=1S/C15H21ClN2O/c1-11-5-6-14(13(16)8-11)17-15(19)10-18-7-3-4-12(2)9-18/h5-6,8,12H,3-4,7,9-10H2,1-2H3,(H,17,19)/p+1/t12-/m0/s1. The zero-order valence-corrected chi connectivity index (χ0v) is 12.4. The van der Waals surface area contributed by atoms with Crippen LogP contribution in [0.2, 0.25) is 5.02 Å². The lowest BCUT2D eigenvalue weighted by molar-refractivity contribution is -0.900. The first-order valence-electron chi connectivity index (χ1n) is 6.94. The van der Waals surface area contributed by atoms with Crippen LogP contribution in [-0.2, 0) is 4.79 Å². The van der Waals surface area contributed by atoms with Crippen molar-refractivity contribution >= 4 is 23.2 Å². The molecule has 1 aromatic carbocycles. The molecule has 4 heteroatoms. The Kier molecular flexibility index (Phi) is 4.83. The Morgan fingerprint density at radius 1 is 1.53 bits per heavy atom. The molecular formula is C15H22ClN2O+. The predicted octanol–water partition coefficient (Wildman–Crippen LogP) is 1.90. The summed E-state index contributed by atoms with van der Waals surface area (Å²) >= 11 is 6.12. The Hall–Kier alpha value is -1.06. The summed E-state index contributed by atoms with van der Waals surface area (Å²) in [6, 6.07) is 5.69. The van der Waals surface area contributed by atoms with E-state index in [-0.39, 0.29) is 5.91 Å². The van der Waals surface area contributed by atoms with E-state index in [1.54, 1.807) is 0 Å². The van der Waals surface area contributed by atoms with E-state index in [0.717, 1.165) is 24.6 Å². The summed E-state index contributed by atoms with van der Waals surface area (Å²) in [4.78, 5) is 13.4. The lowest BCUT2D eigenvalue weighted by atomic mass is 10.0. The normalized spacial score (nSPS) is 23.1. The summed E-state index contributed by atoms with van der Waals surface area (Å²) in [6.07, 6.45) is 2.50. The summed E-state index contributed by atoms with van der Waals surface area (Å²) in [5.74, 6) is 0.773. The van der Waals surface area contributed by atoms with Crippen LogP contribution >= 0.6 is 11.6 Å². The van der Waals surface area contributed by atoms with Gasteiger partial charge in [0, 0.05) is 5.92 Å². The molecule has 1 aliphatic heterocycles. The number of nitrogens with one attached hydrogen (secondary N) is 2. The minimum absolute atomic E-state index is 0.0508. The van der Waals surface area contributed by atoms with Crippen molar-refractivity contribution in [2.45, 2.75) is 26.7 Å². The Bertz CT molecular complexity index is 461. The van der Waals surface area contributed by atoms with Gasteiger partial charge >= 0.3 is 0 Å². The first-order valence-corrected chi connectivity index (χ1v) is 7.32. The van der Waals surface area contributed by atoms with E-state index in [1.807, 2.05) is 25.1 Å². The van der Waals surface area contributed by atoms with Gasteiger partial charge in [-0.1, -0.05) is 24.6 Å². The highest BCUT2D eigenvalue weighted by atomic mass is 35.5. The van der Waals surface area contributed by atoms with Gasteiger partial charge in [0.2, 0.25) is 0 Å². The van der Waals surface area contributed by atoms with Crippen LogP contribution in [0.4, 0.5) is 5.69 Å². The smallest absolute Gasteiger partial charge is 0.279 e. The van der Waals surface area contributed by atoms with Crippen LogP contribution in [-0.4, -0.2) is 25.5 Å². The molecule has 1 fully saturated rings. The van der Waals surface area contributed by atoms with E-state index in [4.69, 9.17) is 11.6 Å². The number of halogens is 1. The molecule has 1 amide bonds. The highest BCUT2D eigenvalue weighted by Gasteiger charge is 2.22. The van der Waals surface area contributed by atoms with Gasteiger partial charge in [-0.2, -0.15) is 0 Å². The third kappa shape index (κ3) is 4.22. The highest BCUT2D eigenvalue weighted by molar-refractivity contribution is 6.33. The lowest BCUT2D eigenvalue weighted by Gasteiger charge is -2.27. The number of carbonyl (C=O) groups excluding carboxylic acids is 1. The van der Waals surface area contributed by atoms with Crippen molar-refractivity contribution in [2.24, 2.45) is 5.92 Å². The molecule has 0 spiro atoms. The minimum Gasteiger partial charge on any atom is -0.327 e. The van der Waals surface area contributed by atoms with E-state index in [9.17, 15) is 4.79 Å². The molecule has 1 aliphatic rings. The van der Waals surface area contributed by atoms with Gasteiger partial charge in [0.05, 0.1) is 23.8 Å². The SMILES string of the molecule is Cc1ccc(NC(=O)C[NH+]2CCC[C@H](C)C2)c(Cl)c1. The molecule has 0 radical (unpaired) electrons. The quantitative estimate of drug-likeness (QED) is 0.872. The first-order chi connectivity index (χ1) is 9.04. The summed E-state index contributed by atoms with van der Waals surface area (Å²) in [5.41, 5.74) is 1.81. The van der Waals surface area contributed by atoms with Gasteiger partial charge in [0.1, 0.15) is 0 Å². The third-order valence-corrected chi connectivity index (χ3v) is 3.99. The molecule has 2 rings (SSSR count). The number of rotatable bonds is 3. The number of carbonyl (C=O) groups is 1. The number of aryl methyl sites for hydroxylation is 1. The van der Waals surface area contributed by atoms with Crippen LogP contribution in [0.25, 0.3) is 0 Å². The molecular weight excluding hydrogens is 260 g/mol. The summed E-state index contributed by atoms with van der Waals surface area (Å²) in [6.45, 7) is 6.97. The van der Waals surface area contributed by atoms with Crippen molar-refractivity contribution < 1.29 is 9.69 Å². The summed E-state index contributed by atoms with van der Waals surface area (Å²) in [7, 11) is 0. The molecule has 1 saturated heterocycles. The topological polar surface area (TPSA) is 33.5 Å². The predicted molar refractivity (Wildman–Crippen MR) is 78.8 cm³/mol. The maximum atomic E-state index is 12.0. The summed E-state index contributed by atoms with van der Waals surface area (Å²) in [5, 5.41) is 3.51. The second kappa shape index (κ2) is 6.40. The number of hydrogen-bond acceptors (Lipinski definition) is 1. The van der Waals surface area contributed by atoms with Gasteiger partial charge in [-0.15, -0.1) is 0 Å². The van der Waals surface area contributed by atoms with Crippen molar-refractivity contribution in [2.75, 3.05) is 25.0 Å². The monoisotopic (exact) mass is 281 g/mol. The molecule has 0 bridgehead atoms. The molecule has 1 heterocycles. The van der Waals surface area contributed by atoms with Gasteiger partial charge < -0.3 is 10.2 Å². The molecule has 104 valence electrons. The molecule has 0 aromatic heterocycles. The third-order valence-electron chi connectivity index (χ3n) is 3.67. The molecule has 19 heavy (non-hydrogen) atoms. The number of amides is 1. The Morgan fingerprint density at radius 2 is 2.32 bits per heavy atom. The zero-order chi connectivity index (χ0) is 13.8. The molecule has 2 atom stereocenters. The van der Waals surface area contributed by atoms with Gasteiger partial charge in [-0.3, -0.25) is 4.79 Å². The zero-order valence-electron chi connectivity index (χ0n) is 11.6. The van der Waals surface area contributed by atoms with Crippen LogP contribution in [0.5, 0.6) is 0 Å². The average molecular weight is 282 g/mol. The number of likely N-dealkylation sites (tertiary alicyclic amines) is 1. The fraction of sp³-hybridized carbons (Fsp3) is 0.533. The average Bonchev–Trinajstić information content (AvgIpc) is 2.33. The molecule has 2 N–H and O–H groups in total. The molecule has 0 aliphatic carbocycles. The van der Waals surface area contributed by atoms with Crippen LogP contribution in [0, 0.1) is 12.8 Å². The van der Waals surface area contributed by atoms with Gasteiger partial charge in [0.15, 0.2) is 6.54 Å². The lowest BCUT2D eigenvalue weighted by Crippen LogP contribution is -3.14. The van der Waals surface area contributed by atoms with E-state index in [1.165, 1.54) is 17.7 Å². The Labute approximate surface area is 119 Å². The van der Waals surface area contributed by atoms with Crippen LogP contribution < -0.4 is 10.2 Å². The number of quaternary nitrogens is 1. The van der Waals surface area contributed by atoms with E-state index in [2.05, 4.69) is 12.2 Å². The number of anilines is 1. The minimum atomic E-state index is 0.0508. The highest BCUT2D eigenvalue weighted by Crippen LogP contribution is 2.22. The number of benzene rings is 1. The number of piperidine rings is 1. The van der Waals surface area contributed by atoms with Crippen molar-refractivity contribution in [3.8, 4) is 0 Å². The summed E-state index contributed by atoms with van der Waals surface area (Å²) < 4.78 is 0. The van der Waals surface area contributed by atoms with Crippen LogP contribution in [0.3, 0.4) is 0 Å². The van der Waals surface area contributed by atoms with Crippen molar-refractivity contribution in [1.82, 2.24) is 0 Å². The molecule has 3 nitrogen and oxygen atoms in total. The van der Waals surface area contributed by atoms with E-state index >= 15 is 0 Å². The van der Waals surface area contributed by atoms with Gasteiger partial charge in [0.25, 0.3) is 5.91 Å². The number of hydrogen-bond donors (Lipinski definition) is 2. The molecule has 0 saturated carbocycles. The first kappa shape index (κ1) is 14.4. The second-order valence-corrected chi connectivity index (χ2v) is 6.07. The Balaban J connectivity index is 1.90. The van der Waals surface area contributed by atoms with E-state index in [0.29, 0.717) is 17.3 Å². The van der Waals surface area contributed by atoms with Gasteiger partial charge in [-0.05, 0) is 37.5 Å². The van der Waals surface area contributed by atoms with E-state index < -0.39 is 0 Å². The fourth-order valence-electron chi connectivity index (χ4n) is 2.70. The van der Waals surface area contributed by atoms with Crippen LogP contribution in [0.1, 0.15) is 25.3 Å². The fourth-order valence-corrected chi connectivity index (χ4v) is 2.98. The Morgan fingerprint density at radius 3 is 3.00 bits per heavy atom.